The smallest absolute Gasteiger partial charge is 0.331 e. The van der Waals surface area contributed by atoms with Gasteiger partial charge in [-0.05, 0) is 36.8 Å². The third-order valence-electron chi connectivity index (χ3n) is 7.14. The van der Waals surface area contributed by atoms with Crippen LogP contribution in [0.2, 0.25) is 0 Å². The Morgan fingerprint density at radius 2 is 1.64 bits per heavy atom. The Labute approximate surface area is 245 Å². The topological polar surface area (TPSA) is 122 Å². The van der Waals surface area contributed by atoms with E-state index in [9.17, 15) is 14.4 Å². The molecule has 10 nitrogen and oxygen atoms in total. The van der Waals surface area contributed by atoms with Crippen LogP contribution in [0.15, 0.2) is 72.9 Å². The number of aromatic nitrogens is 1. The van der Waals surface area contributed by atoms with Crippen molar-refractivity contribution in [3.63, 3.8) is 0 Å². The molecule has 0 aliphatic carbocycles. The molecule has 0 unspecified atom stereocenters. The Morgan fingerprint density at radius 1 is 0.976 bits per heavy atom. The number of pyridine rings is 1. The molecular weight excluding hydrogens is 540 g/mol. The number of nitrogens with zero attached hydrogens (tertiary/aromatic N) is 1. The Hall–Kier alpha value is -4.44. The Kier molecular flexibility index (Phi) is 10.9. The molecule has 4 atom stereocenters. The van der Waals surface area contributed by atoms with Crippen molar-refractivity contribution in [2.45, 2.75) is 38.8 Å². The largest absolute Gasteiger partial charge is 0.493 e. The molecular formula is C32H36N2O8. The van der Waals surface area contributed by atoms with E-state index in [1.807, 2.05) is 43.3 Å². The highest BCUT2D eigenvalue weighted by molar-refractivity contribution is 5.98. The van der Waals surface area contributed by atoms with E-state index in [2.05, 4.69) is 34.6 Å². The van der Waals surface area contributed by atoms with Crippen molar-refractivity contribution in [1.82, 2.24) is 10.3 Å². The molecule has 1 amide bonds. The van der Waals surface area contributed by atoms with Gasteiger partial charge in [0.1, 0.15) is 6.10 Å². The molecule has 3 aromatic rings. The molecule has 0 spiro atoms. The van der Waals surface area contributed by atoms with Gasteiger partial charge in [-0.3, -0.25) is 9.59 Å². The first kappa shape index (κ1) is 30.5. The highest BCUT2D eigenvalue weighted by atomic mass is 16.7. The van der Waals surface area contributed by atoms with Gasteiger partial charge in [0.25, 0.3) is 5.91 Å². The first-order valence-electron chi connectivity index (χ1n) is 13.8. The minimum atomic E-state index is -1.10. The third-order valence-corrected chi connectivity index (χ3v) is 7.14. The lowest BCUT2D eigenvalue weighted by atomic mass is 9.80. The van der Waals surface area contributed by atoms with Crippen molar-refractivity contribution in [3.8, 4) is 11.5 Å². The monoisotopic (exact) mass is 576 g/mol. The van der Waals surface area contributed by atoms with Gasteiger partial charge in [-0.2, -0.15) is 0 Å². The minimum absolute atomic E-state index is 0.0321. The summed E-state index contributed by atoms with van der Waals surface area (Å²) in [5.74, 6) is -1.68. The van der Waals surface area contributed by atoms with Crippen LogP contribution in [-0.2, 0) is 36.6 Å². The number of carbonyl (C=O) groups excluding carboxylic acids is 3. The molecule has 1 aromatic heterocycles. The summed E-state index contributed by atoms with van der Waals surface area (Å²) in [5.41, 5.74) is 2.15. The Morgan fingerprint density at radius 3 is 2.29 bits per heavy atom. The average Bonchev–Trinajstić information content (AvgIpc) is 3.03. The summed E-state index contributed by atoms with van der Waals surface area (Å²) in [5, 5.41) is 2.68. The summed E-state index contributed by atoms with van der Waals surface area (Å²) < 4.78 is 27.7. The highest BCUT2D eigenvalue weighted by Crippen LogP contribution is 2.31. The predicted molar refractivity (Wildman–Crippen MR) is 153 cm³/mol. The van der Waals surface area contributed by atoms with Crippen LogP contribution in [0.25, 0.3) is 0 Å². The summed E-state index contributed by atoms with van der Waals surface area (Å²) >= 11 is 0. The quantitative estimate of drug-likeness (QED) is 0.284. The molecule has 0 saturated carbocycles. The number of esters is 2. The fourth-order valence-electron chi connectivity index (χ4n) is 5.00. The van der Waals surface area contributed by atoms with Crippen molar-refractivity contribution in [3.05, 3.63) is 89.7 Å². The number of nitrogens with one attached hydrogen (secondary N) is 1. The van der Waals surface area contributed by atoms with E-state index in [1.54, 1.807) is 0 Å². The third kappa shape index (κ3) is 8.29. The lowest BCUT2D eigenvalue weighted by molar-refractivity contribution is -0.154. The molecule has 1 aliphatic rings. The number of cyclic esters (lactones) is 1. The maximum atomic E-state index is 13.4. The normalized spacial score (nSPS) is 20.7. The van der Waals surface area contributed by atoms with Crippen LogP contribution >= 0.6 is 0 Å². The van der Waals surface area contributed by atoms with Gasteiger partial charge in [0.2, 0.25) is 6.79 Å². The van der Waals surface area contributed by atoms with Crippen LogP contribution in [0.1, 0.15) is 35.5 Å². The lowest BCUT2D eigenvalue weighted by Crippen LogP contribution is -2.46. The molecule has 10 heteroatoms. The van der Waals surface area contributed by atoms with Gasteiger partial charge >= 0.3 is 11.9 Å². The number of hydrogen-bond acceptors (Lipinski definition) is 9. The summed E-state index contributed by atoms with van der Waals surface area (Å²) in [6.07, 6.45) is 2.36. The zero-order valence-corrected chi connectivity index (χ0v) is 24.0. The molecule has 42 heavy (non-hydrogen) atoms. The fourth-order valence-corrected chi connectivity index (χ4v) is 5.00. The van der Waals surface area contributed by atoms with Crippen molar-refractivity contribution in [2.75, 3.05) is 27.1 Å². The second kappa shape index (κ2) is 15.0. The van der Waals surface area contributed by atoms with Gasteiger partial charge in [-0.1, -0.05) is 60.7 Å². The molecule has 222 valence electrons. The van der Waals surface area contributed by atoms with Crippen LogP contribution < -0.4 is 14.8 Å². The Balaban J connectivity index is 1.54. The van der Waals surface area contributed by atoms with Crippen LogP contribution in [-0.4, -0.2) is 62.1 Å². The van der Waals surface area contributed by atoms with Gasteiger partial charge in [-0.15, -0.1) is 0 Å². The second-order valence-corrected chi connectivity index (χ2v) is 10.1. The molecule has 1 N–H and O–H groups in total. The number of amides is 1. The molecule has 0 radical (unpaired) electrons. The summed E-state index contributed by atoms with van der Waals surface area (Å²) in [6, 6.07) is 20.6. The first-order chi connectivity index (χ1) is 20.4. The van der Waals surface area contributed by atoms with Gasteiger partial charge in [0.05, 0.1) is 20.3 Å². The van der Waals surface area contributed by atoms with Crippen LogP contribution in [0.3, 0.4) is 0 Å². The number of benzene rings is 2. The van der Waals surface area contributed by atoms with Crippen molar-refractivity contribution < 1.29 is 38.1 Å². The number of methoxy groups -OCH3 is 1. The van der Waals surface area contributed by atoms with Gasteiger partial charge in [0, 0.05) is 25.1 Å². The predicted octanol–water partition coefficient (Wildman–Crippen LogP) is 3.77. The number of carbonyl (C=O) groups is 3. The maximum absolute atomic E-state index is 13.4. The minimum Gasteiger partial charge on any atom is -0.493 e. The highest BCUT2D eigenvalue weighted by Gasteiger charge is 2.35. The SMILES string of the molecule is COc1ccnc(C(=O)N[C@H]2COC[C@H](Cc3ccccc3)[C@@H](Cc3ccccc3)[C@H](C)OC2=O)c1OCOC(C)=O. The second-order valence-electron chi connectivity index (χ2n) is 10.1. The van der Waals surface area contributed by atoms with Gasteiger partial charge in [-0.25, -0.2) is 9.78 Å². The number of rotatable bonds is 10. The average molecular weight is 577 g/mol. The molecule has 1 saturated heterocycles. The summed E-state index contributed by atoms with van der Waals surface area (Å²) in [7, 11) is 1.40. The molecule has 2 heterocycles. The van der Waals surface area contributed by atoms with Crippen molar-refractivity contribution in [1.29, 1.82) is 0 Å². The summed E-state index contributed by atoms with van der Waals surface area (Å²) in [4.78, 5) is 42.0. The van der Waals surface area contributed by atoms with Gasteiger partial charge in [0.15, 0.2) is 23.2 Å². The zero-order chi connectivity index (χ0) is 29.9. The number of ether oxygens (including phenoxy) is 5. The van der Waals surface area contributed by atoms with E-state index in [1.165, 1.54) is 26.3 Å². The molecule has 1 fully saturated rings. The van der Waals surface area contributed by atoms with Crippen LogP contribution in [0.5, 0.6) is 11.5 Å². The maximum Gasteiger partial charge on any atom is 0.331 e. The fraction of sp³-hybridized carbons (Fsp3) is 0.375. The number of hydrogen-bond donors (Lipinski definition) is 1. The Bertz CT molecular complexity index is 1330. The molecule has 2 aromatic carbocycles. The van der Waals surface area contributed by atoms with E-state index < -0.39 is 36.8 Å². The molecule has 0 bridgehead atoms. The lowest BCUT2D eigenvalue weighted by Gasteiger charge is -2.31. The van der Waals surface area contributed by atoms with Crippen molar-refractivity contribution >= 4 is 17.8 Å². The van der Waals surface area contributed by atoms with Gasteiger partial charge < -0.3 is 29.0 Å². The molecule has 4 rings (SSSR count). The van der Waals surface area contributed by atoms with E-state index >= 15 is 0 Å². The van der Waals surface area contributed by atoms with Crippen LogP contribution in [0, 0.1) is 11.8 Å². The first-order valence-corrected chi connectivity index (χ1v) is 13.8. The molecule has 1 aliphatic heterocycles. The zero-order valence-electron chi connectivity index (χ0n) is 24.0. The van der Waals surface area contributed by atoms with E-state index in [4.69, 9.17) is 23.7 Å². The summed E-state index contributed by atoms with van der Waals surface area (Å²) in [6.45, 7) is 2.95. The standard InChI is InChI=1S/C32H36N2O8/c1-21-26(17-24-12-8-5-9-13-24)25(16-23-10-6-4-7-11-23)18-39-19-27(32(37)42-21)34-31(36)29-30(41-20-40-22(2)35)28(38-3)14-15-33-29/h4-15,21,25-27H,16-20H2,1-3H3,(H,34,36)/t21-,25-,26-,27-/m0/s1. The van der Waals surface area contributed by atoms with E-state index in [0.717, 1.165) is 17.5 Å². The van der Waals surface area contributed by atoms with E-state index in [-0.39, 0.29) is 35.6 Å². The van der Waals surface area contributed by atoms with E-state index in [0.29, 0.717) is 13.0 Å². The van der Waals surface area contributed by atoms with Crippen molar-refractivity contribution in [2.24, 2.45) is 11.8 Å². The van der Waals surface area contributed by atoms with Crippen LogP contribution in [0.4, 0.5) is 0 Å².